The van der Waals surface area contributed by atoms with E-state index in [9.17, 15) is 13.2 Å². The Balaban J connectivity index is 2.18. The van der Waals surface area contributed by atoms with Crippen molar-refractivity contribution >= 4 is 0 Å². The van der Waals surface area contributed by atoms with Crippen LogP contribution in [0.3, 0.4) is 0 Å². The summed E-state index contributed by atoms with van der Waals surface area (Å²) in [5.41, 5.74) is 5.74. The van der Waals surface area contributed by atoms with Gasteiger partial charge in [-0.1, -0.05) is 0 Å². The first-order valence-corrected chi connectivity index (χ1v) is 5.11. The summed E-state index contributed by atoms with van der Waals surface area (Å²) in [6.45, 7) is -1.25. The Kier molecular flexibility index (Phi) is 4.88. The van der Waals surface area contributed by atoms with Crippen molar-refractivity contribution in [3.63, 3.8) is 0 Å². The molecule has 1 aromatic heterocycles. The lowest BCUT2D eigenvalue weighted by Gasteiger charge is -2.12. The lowest BCUT2D eigenvalue weighted by molar-refractivity contribution is -0.174. The normalized spacial score (nSPS) is 13.9. The number of ether oxygens (including phenoxy) is 1. The van der Waals surface area contributed by atoms with Gasteiger partial charge < -0.3 is 10.5 Å². The second-order valence-corrected chi connectivity index (χ2v) is 3.72. The third-order valence-electron chi connectivity index (χ3n) is 2.15. The summed E-state index contributed by atoms with van der Waals surface area (Å²) in [4.78, 5) is 3.97. The molecule has 0 amide bonds. The molecule has 0 aliphatic rings. The zero-order valence-electron chi connectivity index (χ0n) is 9.44. The minimum atomic E-state index is -4.28. The minimum absolute atomic E-state index is 0.0153. The molecule has 98 valence electrons. The summed E-state index contributed by atoms with van der Waals surface area (Å²) < 4.78 is 41.3. The number of aromatic nitrogens is 3. The Bertz CT molecular complexity index is 339. The van der Waals surface area contributed by atoms with E-state index in [1.54, 1.807) is 11.7 Å². The highest BCUT2D eigenvalue weighted by molar-refractivity contribution is 4.87. The molecule has 0 spiro atoms. The van der Waals surface area contributed by atoms with Gasteiger partial charge >= 0.3 is 6.18 Å². The van der Waals surface area contributed by atoms with Crippen LogP contribution in [0.4, 0.5) is 13.2 Å². The Morgan fingerprint density at radius 2 is 2.24 bits per heavy atom. The molecule has 1 aromatic rings. The summed E-state index contributed by atoms with van der Waals surface area (Å²) in [5, 5.41) is 3.87. The average Bonchev–Trinajstić information content (AvgIpc) is 2.58. The number of hydrogen-bond donors (Lipinski definition) is 1. The fraction of sp³-hybridized carbons (Fsp3) is 0.778. The van der Waals surface area contributed by atoms with Crippen molar-refractivity contribution in [3.05, 3.63) is 12.2 Å². The average molecular weight is 252 g/mol. The summed E-state index contributed by atoms with van der Waals surface area (Å²) in [5.74, 6) is 0.702. The van der Waals surface area contributed by atoms with E-state index in [1.165, 1.54) is 6.33 Å². The summed E-state index contributed by atoms with van der Waals surface area (Å²) in [6.07, 6.45) is -2.06. The molecule has 0 radical (unpaired) electrons. The van der Waals surface area contributed by atoms with Crippen LogP contribution in [0, 0.1) is 0 Å². The Morgan fingerprint density at radius 1 is 1.53 bits per heavy atom. The van der Waals surface area contributed by atoms with Crippen LogP contribution in [-0.2, 0) is 18.2 Å². The molecule has 0 fully saturated rings. The number of nitrogens with zero attached hydrogens (tertiary/aromatic N) is 3. The molecule has 1 heterocycles. The highest BCUT2D eigenvalue weighted by Gasteiger charge is 2.27. The van der Waals surface area contributed by atoms with Crippen molar-refractivity contribution in [2.24, 2.45) is 12.8 Å². The molecule has 17 heavy (non-hydrogen) atoms. The van der Waals surface area contributed by atoms with Crippen molar-refractivity contribution in [2.45, 2.75) is 25.1 Å². The monoisotopic (exact) mass is 252 g/mol. The van der Waals surface area contributed by atoms with Crippen molar-refractivity contribution in [2.75, 3.05) is 13.2 Å². The van der Waals surface area contributed by atoms with Gasteiger partial charge in [0.1, 0.15) is 18.8 Å². The fourth-order valence-electron chi connectivity index (χ4n) is 1.26. The van der Waals surface area contributed by atoms with Crippen LogP contribution < -0.4 is 5.73 Å². The standard InChI is InChI=1S/C9H15F3N4O/c1-16-8(14-6-15-16)4-7(13)2-3-17-5-9(10,11)12/h6-7H,2-5,13H2,1H3. The van der Waals surface area contributed by atoms with Crippen LogP contribution in [-0.4, -0.2) is 40.2 Å². The Morgan fingerprint density at radius 3 is 2.76 bits per heavy atom. The van der Waals surface area contributed by atoms with E-state index in [0.29, 0.717) is 18.7 Å². The topological polar surface area (TPSA) is 66.0 Å². The van der Waals surface area contributed by atoms with Gasteiger partial charge in [-0.15, -0.1) is 0 Å². The zero-order chi connectivity index (χ0) is 12.9. The maximum Gasteiger partial charge on any atom is 0.411 e. The van der Waals surface area contributed by atoms with Crippen LogP contribution in [0.15, 0.2) is 6.33 Å². The number of halogens is 3. The Hall–Kier alpha value is -1.15. The molecule has 0 saturated carbocycles. The first-order chi connectivity index (χ1) is 7.88. The predicted octanol–water partition coefficient (Wildman–Crippen LogP) is 0.654. The van der Waals surface area contributed by atoms with Gasteiger partial charge in [-0.05, 0) is 6.42 Å². The van der Waals surface area contributed by atoms with Crippen LogP contribution in [0.1, 0.15) is 12.2 Å². The molecule has 1 unspecified atom stereocenters. The first kappa shape index (κ1) is 13.9. The van der Waals surface area contributed by atoms with Crippen LogP contribution >= 0.6 is 0 Å². The largest absolute Gasteiger partial charge is 0.411 e. The molecular weight excluding hydrogens is 237 g/mol. The van der Waals surface area contributed by atoms with Gasteiger partial charge in [-0.3, -0.25) is 4.68 Å². The van der Waals surface area contributed by atoms with E-state index in [-0.39, 0.29) is 12.6 Å². The van der Waals surface area contributed by atoms with Crippen LogP contribution in [0.2, 0.25) is 0 Å². The molecule has 5 nitrogen and oxygen atoms in total. The van der Waals surface area contributed by atoms with Crippen LogP contribution in [0.25, 0.3) is 0 Å². The van der Waals surface area contributed by atoms with Crippen molar-refractivity contribution in [3.8, 4) is 0 Å². The van der Waals surface area contributed by atoms with Gasteiger partial charge in [-0.2, -0.15) is 18.3 Å². The molecule has 0 bridgehead atoms. The van der Waals surface area contributed by atoms with E-state index in [0.717, 1.165) is 0 Å². The second-order valence-electron chi connectivity index (χ2n) is 3.72. The van der Waals surface area contributed by atoms with Crippen LogP contribution in [0.5, 0.6) is 0 Å². The maximum atomic E-state index is 11.8. The number of hydrogen-bond acceptors (Lipinski definition) is 4. The molecule has 0 aliphatic carbocycles. The molecule has 2 N–H and O–H groups in total. The molecule has 1 rings (SSSR count). The summed E-state index contributed by atoms with van der Waals surface area (Å²) in [6, 6.07) is -0.286. The lowest BCUT2D eigenvalue weighted by atomic mass is 10.1. The highest BCUT2D eigenvalue weighted by atomic mass is 19.4. The van der Waals surface area contributed by atoms with E-state index in [2.05, 4.69) is 14.8 Å². The number of nitrogens with two attached hydrogens (primary N) is 1. The third-order valence-corrected chi connectivity index (χ3v) is 2.15. The molecule has 0 aliphatic heterocycles. The van der Waals surface area contributed by atoms with Gasteiger partial charge in [0.25, 0.3) is 0 Å². The first-order valence-electron chi connectivity index (χ1n) is 5.11. The molecule has 1 atom stereocenters. The van der Waals surface area contributed by atoms with Crippen molar-refractivity contribution in [1.29, 1.82) is 0 Å². The van der Waals surface area contributed by atoms with E-state index >= 15 is 0 Å². The summed E-state index contributed by atoms with van der Waals surface area (Å²) >= 11 is 0. The highest BCUT2D eigenvalue weighted by Crippen LogP contribution is 2.14. The van der Waals surface area contributed by atoms with Crippen molar-refractivity contribution in [1.82, 2.24) is 14.8 Å². The third kappa shape index (κ3) is 5.64. The van der Waals surface area contributed by atoms with Crippen molar-refractivity contribution < 1.29 is 17.9 Å². The van der Waals surface area contributed by atoms with E-state index in [4.69, 9.17) is 5.73 Å². The fourth-order valence-corrected chi connectivity index (χ4v) is 1.26. The quantitative estimate of drug-likeness (QED) is 0.755. The number of alkyl halides is 3. The van der Waals surface area contributed by atoms with Gasteiger partial charge in [0.2, 0.25) is 0 Å². The molecular formula is C9H15F3N4O. The smallest absolute Gasteiger partial charge is 0.372 e. The maximum absolute atomic E-state index is 11.8. The van der Waals surface area contributed by atoms with Gasteiger partial charge in [0.05, 0.1) is 0 Å². The Labute approximate surface area is 96.8 Å². The van der Waals surface area contributed by atoms with E-state index in [1.807, 2.05) is 0 Å². The molecule has 8 heteroatoms. The lowest BCUT2D eigenvalue weighted by Crippen LogP contribution is -2.27. The van der Waals surface area contributed by atoms with E-state index < -0.39 is 12.8 Å². The van der Waals surface area contributed by atoms with Gasteiger partial charge in [0.15, 0.2) is 0 Å². The minimum Gasteiger partial charge on any atom is -0.372 e. The summed E-state index contributed by atoms with van der Waals surface area (Å²) in [7, 11) is 1.73. The molecule has 0 aromatic carbocycles. The van der Waals surface area contributed by atoms with Gasteiger partial charge in [0, 0.05) is 26.1 Å². The molecule has 0 saturated heterocycles. The SMILES string of the molecule is Cn1ncnc1CC(N)CCOCC(F)(F)F. The predicted molar refractivity (Wildman–Crippen MR) is 54.2 cm³/mol. The zero-order valence-corrected chi connectivity index (χ0v) is 9.44. The number of rotatable bonds is 6. The number of aryl methyl sites for hydroxylation is 1. The second kappa shape index (κ2) is 5.97. The van der Waals surface area contributed by atoms with Gasteiger partial charge in [-0.25, -0.2) is 4.98 Å².